The van der Waals surface area contributed by atoms with Crippen molar-refractivity contribution in [1.82, 2.24) is 18.9 Å². The van der Waals surface area contributed by atoms with Crippen molar-refractivity contribution >= 4 is 11.9 Å². The number of fused-ring (bicyclic) bond motifs is 4. The van der Waals surface area contributed by atoms with Gasteiger partial charge in [0.1, 0.15) is 11.0 Å². The summed E-state index contributed by atoms with van der Waals surface area (Å²) < 4.78 is 2.57. The number of rotatable bonds is 1. The van der Waals surface area contributed by atoms with Crippen molar-refractivity contribution in [2.24, 2.45) is 19.1 Å². The lowest BCUT2D eigenvalue weighted by Gasteiger charge is -2.38. The lowest BCUT2D eigenvalue weighted by molar-refractivity contribution is 0.312. The Balaban J connectivity index is 2.20. The molecule has 0 N–H and O–H groups in total. The summed E-state index contributed by atoms with van der Waals surface area (Å²) in [5.41, 5.74) is 1.84. The van der Waals surface area contributed by atoms with Crippen LogP contribution >= 0.6 is 0 Å². The van der Waals surface area contributed by atoms with Gasteiger partial charge in [0.15, 0.2) is 11.7 Å². The standard InChI is InChI=1S/C18H19N5O2/c1-20(2)16-13-15(21(3)18(25)22(4)17(13)24)19-14-12-8-6-5-7-11(12)9-10-23(14)16/h5-10,14H,1-4H3. The van der Waals surface area contributed by atoms with E-state index < -0.39 is 0 Å². The average Bonchev–Trinajstić information content (AvgIpc) is 2.62. The molecule has 2 aromatic rings. The van der Waals surface area contributed by atoms with Crippen LogP contribution in [-0.2, 0) is 14.1 Å². The van der Waals surface area contributed by atoms with Gasteiger partial charge >= 0.3 is 5.69 Å². The number of nitrogens with zero attached hydrogens (tertiary/aromatic N) is 5. The van der Waals surface area contributed by atoms with Gasteiger partial charge in [0, 0.05) is 40.0 Å². The van der Waals surface area contributed by atoms with E-state index in [4.69, 9.17) is 4.99 Å². The van der Waals surface area contributed by atoms with Gasteiger partial charge < -0.3 is 9.80 Å². The molecule has 3 heterocycles. The molecule has 128 valence electrons. The molecule has 4 rings (SSSR count). The molecule has 0 fully saturated rings. The van der Waals surface area contributed by atoms with Crippen molar-refractivity contribution in [3.63, 3.8) is 0 Å². The van der Waals surface area contributed by atoms with E-state index in [0.717, 1.165) is 21.5 Å². The zero-order valence-electron chi connectivity index (χ0n) is 14.6. The minimum atomic E-state index is -0.376. The van der Waals surface area contributed by atoms with Crippen LogP contribution in [0.5, 0.6) is 0 Å². The van der Waals surface area contributed by atoms with Gasteiger partial charge in [-0.2, -0.15) is 0 Å². The number of hydrogen-bond donors (Lipinski definition) is 0. The van der Waals surface area contributed by atoms with E-state index in [9.17, 15) is 9.59 Å². The van der Waals surface area contributed by atoms with E-state index in [1.165, 1.54) is 11.6 Å². The van der Waals surface area contributed by atoms with E-state index >= 15 is 0 Å². The first-order valence-corrected chi connectivity index (χ1v) is 8.02. The fourth-order valence-corrected chi connectivity index (χ4v) is 3.49. The summed E-state index contributed by atoms with van der Waals surface area (Å²) >= 11 is 0. The Morgan fingerprint density at radius 2 is 1.80 bits per heavy atom. The Kier molecular flexibility index (Phi) is 3.21. The summed E-state index contributed by atoms with van der Waals surface area (Å²) in [4.78, 5) is 33.8. The Morgan fingerprint density at radius 1 is 1.08 bits per heavy atom. The molecule has 25 heavy (non-hydrogen) atoms. The van der Waals surface area contributed by atoms with Crippen LogP contribution in [0.2, 0.25) is 0 Å². The van der Waals surface area contributed by atoms with Crippen LogP contribution in [0.3, 0.4) is 0 Å². The Labute approximate surface area is 144 Å². The molecule has 1 unspecified atom stereocenters. The maximum atomic E-state index is 12.8. The zero-order valence-corrected chi connectivity index (χ0v) is 14.6. The minimum absolute atomic E-state index is 0.302. The van der Waals surface area contributed by atoms with Crippen molar-refractivity contribution in [2.45, 2.75) is 6.17 Å². The quantitative estimate of drug-likeness (QED) is 0.692. The molecule has 0 radical (unpaired) electrons. The van der Waals surface area contributed by atoms with Gasteiger partial charge in [0.05, 0.1) is 0 Å². The molecule has 2 aliphatic rings. The van der Waals surface area contributed by atoms with E-state index in [-0.39, 0.29) is 17.4 Å². The number of aromatic nitrogens is 2. The lowest BCUT2D eigenvalue weighted by atomic mass is 10.0. The van der Waals surface area contributed by atoms with Crippen molar-refractivity contribution in [3.8, 4) is 0 Å². The van der Waals surface area contributed by atoms with Crippen molar-refractivity contribution in [2.75, 3.05) is 14.1 Å². The van der Waals surface area contributed by atoms with Gasteiger partial charge in [-0.25, -0.2) is 9.79 Å². The second kappa shape index (κ2) is 5.20. The fraction of sp³-hybridized carbons (Fsp3) is 0.278. The molecule has 1 atom stereocenters. The summed E-state index contributed by atoms with van der Waals surface area (Å²) in [6.45, 7) is 0. The van der Waals surface area contributed by atoms with E-state index in [1.807, 2.05) is 60.4 Å². The highest BCUT2D eigenvalue weighted by molar-refractivity contribution is 5.61. The molecular formula is C18H19N5O2. The molecule has 0 bridgehead atoms. The van der Waals surface area contributed by atoms with Crippen LogP contribution in [0, 0.1) is 0 Å². The smallest absolute Gasteiger partial charge is 0.332 e. The molecule has 0 saturated carbocycles. The lowest BCUT2D eigenvalue weighted by Crippen LogP contribution is -2.62. The van der Waals surface area contributed by atoms with Gasteiger partial charge in [-0.15, -0.1) is 0 Å². The van der Waals surface area contributed by atoms with Gasteiger partial charge in [-0.05, 0) is 11.6 Å². The molecule has 7 heteroatoms. The van der Waals surface area contributed by atoms with Gasteiger partial charge in [-0.1, -0.05) is 24.3 Å². The zero-order chi connectivity index (χ0) is 17.9. The fourth-order valence-electron chi connectivity index (χ4n) is 3.49. The van der Waals surface area contributed by atoms with Crippen molar-refractivity contribution in [1.29, 1.82) is 0 Å². The molecular weight excluding hydrogens is 318 g/mol. The first kappa shape index (κ1) is 15.4. The van der Waals surface area contributed by atoms with Gasteiger partial charge in [0.25, 0.3) is 5.56 Å². The normalized spacial score (nSPS) is 17.5. The summed E-state index contributed by atoms with van der Waals surface area (Å²) in [5.74, 6) is 0.733. The van der Waals surface area contributed by atoms with Crippen LogP contribution in [-0.4, -0.2) is 33.0 Å². The molecule has 0 spiro atoms. The molecule has 0 saturated heterocycles. The predicted molar refractivity (Wildman–Crippen MR) is 94.9 cm³/mol. The number of hydrogen-bond acceptors (Lipinski definition) is 5. The van der Waals surface area contributed by atoms with Crippen LogP contribution in [0.1, 0.15) is 17.3 Å². The largest absolute Gasteiger partial charge is 0.363 e. The summed E-state index contributed by atoms with van der Waals surface area (Å²) in [7, 11) is 6.92. The van der Waals surface area contributed by atoms with Crippen LogP contribution in [0.4, 0.5) is 0 Å². The number of benzene rings is 1. The van der Waals surface area contributed by atoms with Gasteiger partial charge in [0.2, 0.25) is 0 Å². The second-order valence-corrected chi connectivity index (χ2v) is 6.48. The Bertz CT molecular complexity index is 1150. The predicted octanol–water partition coefficient (Wildman–Crippen LogP) is -0.670. The summed E-state index contributed by atoms with van der Waals surface area (Å²) in [6, 6.07) is 8.02. The molecule has 1 aromatic carbocycles. The van der Waals surface area contributed by atoms with E-state index in [0.29, 0.717) is 10.7 Å². The Morgan fingerprint density at radius 3 is 2.52 bits per heavy atom. The van der Waals surface area contributed by atoms with E-state index in [2.05, 4.69) is 0 Å². The van der Waals surface area contributed by atoms with Crippen LogP contribution in [0.25, 0.3) is 11.9 Å². The molecule has 0 amide bonds. The average molecular weight is 337 g/mol. The highest BCUT2D eigenvalue weighted by Gasteiger charge is 2.31. The topological polar surface area (TPSA) is 62.8 Å². The monoisotopic (exact) mass is 337 g/mol. The SMILES string of the molecule is CN(C)C1=c2c(=O)n(C)c(=O)n(C)c2=NC2c3ccccc3C=CN12. The van der Waals surface area contributed by atoms with E-state index in [1.54, 1.807) is 7.05 Å². The third-order valence-electron chi connectivity index (χ3n) is 4.72. The van der Waals surface area contributed by atoms with Crippen molar-refractivity contribution < 1.29 is 0 Å². The maximum absolute atomic E-state index is 12.8. The first-order chi connectivity index (χ1) is 11.9. The third-order valence-corrected chi connectivity index (χ3v) is 4.72. The van der Waals surface area contributed by atoms with Crippen molar-refractivity contribution in [3.05, 3.63) is 73.1 Å². The molecule has 2 aliphatic heterocycles. The highest BCUT2D eigenvalue weighted by atomic mass is 16.2. The van der Waals surface area contributed by atoms with Gasteiger partial charge in [-0.3, -0.25) is 13.9 Å². The van der Waals surface area contributed by atoms with Crippen LogP contribution < -0.4 is 22.0 Å². The summed E-state index contributed by atoms with van der Waals surface area (Å²) in [6.07, 6.45) is 3.66. The molecule has 0 aliphatic carbocycles. The van der Waals surface area contributed by atoms with Crippen LogP contribution in [0.15, 0.2) is 45.0 Å². The molecule has 1 aromatic heterocycles. The third kappa shape index (κ3) is 2.02. The first-order valence-electron chi connectivity index (χ1n) is 8.02. The summed E-state index contributed by atoms with van der Waals surface area (Å²) in [5, 5.41) is 0.440. The minimum Gasteiger partial charge on any atom is -0.363 e. The molecule has 7 nitrogen and oxygen atoms in total. The highest BCUT2D eigenvalue weighted by Crippen LogP contribution is 2.34. The Hall–Kier alpha value is -3.09. The maximum Gasteiger partial charge on any atom is 0.332 e. The second-order valence-electron chi connectivity index (χ2n) is 6.48.